The average molecular weight is 738 g/mol. The molecule has 0 bridgehead atoms. The summed E-state index contributed by atoms with van der Waals surface area (Å²) < 4.78 is 6.76. The summed E-state index contributed by atoms with van der Waals surface area (Å²) in [5, 5.41) is 12.3. The molecule has 2 nitrogen and oxygen atoms in total. The summed E-state index contributed by atoms with van der Waals surface area (Å²) in [7, 11) is 0. The molecule has 12 rings (SSSR count). The van der Waals surface area contributed by atoms with E-state index in [-0.39, 0.29) is 0 Å². The van der Waals surface area contributed by atoms with Gasteiger partial charge in [-0.25, -0.2) is 0 Å². The van der Waals surface area contributed by atoms with E-state index >= 15 is 0 Å². The first-order chi connectivity index (χ1) is 28.8. The summed E-state index contributed by atoms with van der Waals surface area (Å²) >= 11 is 0. The van der Waals surface area contributed by atoms with Crippen LogP contribution in [0, 0.1) is 0 Å². The van der Waals surface area contributed by atoms with Crippen LogP contribution in [0.4, 0.5) is 17.1 Å². The molecule has 0 fully saturated rings. The van der Waals surface area contributed by atoms with Crippen LogP contribution >= 0.6 is 0 Å². The molecule has 58 heavy (non-hydrogen) atoms. The first-order valence-electron chi connectivity index (χ1n) is 19.9. The van der Waals surface area contributed by atoms with Crippen LogP contribution in [0.2, 0.25) is 0 Å². The highest BCUT2D eigenvalue weighted by atomic mass is 16.3. The fourth-order valence-electron chi connectivity index (χ4n) is 9.31. The molecular formula is C56H35NO. The molecule has 0 spiro atoms. The zero-order chi connectivity index (χ0) is 38.2. The Morgan fingerprint density at radius 3 is 1.52 bits per heavy atom. The van der Waals surface area contributed by atoms with Crippen LogP contribution in [-0.2, 0) is 0 Å². The van der Waals surface area contributed by atoms with Crippen molar-refractivity contribution < 1.29 is 4.42 Å². The molecule has 0 aliphatic heterocycles. The summed E-state index contributed by atoms with van der Waals surface area (Å²) in [4.78, 5) is 2.33. The first-order valence-corrected chi connectivity index (χ1v) is 19.9. The summed E-state index contributed by atoms with van der Waals surface area (Å²) in [6.45, 7) is 0. The summed E-state index contributed by atoms with van der Waals surface area (Å²) in [6.07, 6.45) is 0. The summed E-state index contributed by atoms with van der Waals surface area (Å²) in [5.74, 6) is 0. The lowest BCUT2D eigenvalue weighted by atomic mass is 9.89. The summed E-state index contributed by atoms with van der Waals surface area (Å²) in [5.41, 5.74) is 12.3. The standard InChI is InChI=1S/C56H35NO/c1-3-13-43(14-4-1)57(44-15-5-2-6-16-44)51-19-10-20-52-55(51)50-35-49(46-17-7-8-18-48(46)56(50)58-52)39-27-23-37(24-28-39)36-21-25-38(26-22-36)45-33-31-42-30-29-40-11-9-12-41-32-34-47(45)54(42)53(40)41/h1-35H. The van der Waals surface area contributed by atoms with E-state index in [1.54, 1.807) is 0 Å². The van der Waals surface area contributed by atoms with Crippen LogP contribution in [-0.4, -0.2) is 0 Å². The van der Waals surface area contributed by atoms with Crippen LogP contribution in [0.15, 0.2) is 217 Å². The van der Waals surface area contributed by atoms with Crippen molar-refractivity contribution in [3.05, 3.63) is 212 Å². The van der Waals surface area contributed by atoms with Crippen molar-refractivity contribution in [3.8, 4) is 33.4 Å². The van der Waals surface area contributed by atoms with Crippen LogP contribution in [0.3, 0.4) is 0 Å². The molecule has 0 aliphatic rings. The number of para-hydroxylation sites is 2. The predicted octanol–water partition coefficient (Wildman–Crippen LogP) is 16.1. The third kappa shape index (κ3) is 5.05. The SMILES string of the molecule is c1ccc(N(c2ccccc2)c2cccc3oc4c5ccccc5c(-c5ccc(-c6ccc(-c7ccc8ccc9cccc%10ccc7c8c9%10)cc6)cc5)cc4c23)cc1. The Morgan fingerprint density at radius 2 is 0.845 bits per heavy atom. The van der Waals surface area contributed by atoms with Gasteiger partial charge >= 0.3 is 0 Å². The Labute approximate surface area is 335 Å². The molecule has 0 radical (unpaired) electrons. The molecule has 0 aliphatic carbocycles. The van der Waals surface area contributed by atoms with E-state index in [2.05, 4.69) is 217 Å². The zero-order valence-corrected chi connectivity index (χ0v) is 31.6. The molecule has 12 aromatic rings. The van der Waals surface area contributed by atoms with E-state index < -0.39 is 0 Å². The monoisotopic (exact) mass is 737 g/mol. The lowest BCUT2D eigenvalue weighted by Crippen LogP contribution is -2.09. The van der Waals surface area contributed by atoms with Crippen molar-refractivity contribution in [2.75, 3.05) is 4.90 Å². The third-order valence-corrected chi connectivity index (χ3v) is 12.0. The number of anilines is 3. The van der Waals surface area contributed by atoms with Crippen molar-refractivity contribution in [2.45, 2.75) is 0 Å². The molecule has 0 atom stereocenters. The van der Waals surface area contributed by atoms with Gasteiger partial charge in [0.2, 0.25) is 0 Å². The maximum atomic E-state index is 6.76. The fourth-order valence-corrected chi connectivity index (χ4v) is 9.31. The van der Waals surface area contributed by atoms with Crippen LogP contribution in [0.1, 0.15) is 0 Å². The number of rotatable bonds is 6. The van der Waals surface area contributed by atoms with Gasteiger partial charge in [0.25, 0.3) is 0 Å². The number of hydrogen-bond donors (Lipinski definition) is 0. The Kier molecular flexibility index (Phi) is 7.26. The average Bonchev–Trinajstić information content (AvgIpc) is 3.69. The van der Waals surface area contributed by atoms with Gasteiger partial charge in [-0.3, -0.25) is 0 Å². The summed E-state index contributed by atoms with van der Waals surface area (Å²) in [6, 6.07) is 76.8. The molecule has 0 amide bonds. The van der Waals surface area contributed by atoms with E-state index in [4.69, 9.17) is 4.42 Å². The van der Waals surface area contributed by atoms with Crippen molar-refractivity contribution >= 4 is 82.1 Å². The highest BCUT2D eigenvalue weighted by Crippen LogP contribution is 2.46. The topological polar surface area (TPSA) is 16.4 Å². The molecule has 0 N–H and O–H groups in total. The number of nitrogens with zero attached hydrogens (tertiary/aromatic N) is 1. The second-order valence-electron chi connectivity index (χ2n) is 15.2. The van der Waals surface area contributed by atoms with Crippen LogP contribution < -0.4 is 4.90 Å². The van der Waals surface area contributed by atoms with Crippen LogP contribution in [0.25, 0.3) is 98.4 Å². The Balaban J connectivity index is 0.951. The third-order valence-electron chi connectivity index (χ3n) is 12.0. The zero-order valence-electron chi connectivity index (χ0n) is 31.6. The second-order valence-corrected chi connectivity index (χ2v) is 15.2. The van der Waals surface area contributed by atoms with Crippen molar-refractivity contribution in [3.63, 3.8) is 0 Å². The van der Waals surface area contributed by atoms with Gasteiger partial charge in [-0.15, -0.1) is 0 Å². The Bertz CT molecular complexity index is 3420. The first kappa shape index (κ1) is 32.6. The number of benzene rings is 11. The number of furan rings is 1. The molecular weight excluding hydrogens is 703 g/mol. The predicted molar refractivity (Wildman–Crippen MR) is 246 cm³/mol. The van der Waals surface area contributed by atoms with Crippen molar-refractivity contribution in [2.24, 2.45) is 0 Å². The lowest BCUT2D eigenvalue weighted by molar-refractivity contribution is 0.672. The van der Waals surface area contributed by atoms with E-state index in [0.29, 0.717) is 0 Å². The molecule has 0 saturated heterocycles. The normalized spacial score (nSPS) is 11.8. The molecule has 1 aromatic heterocycles. The molecule has 0 unspecified atom stereocenters. The smallest absolute Gasteiger partial charge is 0.143 e. The second kappa shape index (κ2) is 12.9. The number of fused-ring (bicyclic) bond motifs is 5. The minimum absolute atomic E-state index is 0.868. The minimum Gasteiger partial charge on any atom is -0.455 e. The van der Waals surface area contributed by atoms with Gasteiger partial charge in [-0.05, 0) is 114 Å². The Morgan fingerprint density at radius 1 is 0.310 bits per heavy atom. The quantitative estimate of drug-likeness (QED) is 0.158. The van der Waals surface area contributed by atoms with Gasteiger partial charge in [-0.1, -0.05) is 170 Å². The highest BCUT2D eigenvalue weighted by molar-refractivity contribution is 6.26. The molecule has 0 saturated carbocycles. The fraction of sp³-hybridized carbons (Fsp3) is 0. The number of hydrogen-bond acceptors (Lipinski definition) is 2. The van der Waals surface area contributed by atoms with E-state index in [0.717, 1.165) is 44.4 Å². The highest BCUT2D eigenvalue weighted by Gasteiger charge is 2.22. The molecule has 2 heteroatoms. The molecule has 11 aromatic carbocycles. The maximum Gasteiger partial charge on any atom is 0.143 e. The van der Waals surface area contributed by atoms with Gasteiger partial charge in [0, 0.05) is 22.1 Å². The maximum absolute atomic E-state index is 6.76. The van der Waals surface area contributed by atoms with Gasteiger partial charge in [0.15, 0.2) is 0 Å². The van der Waals surface area contributed by atoms with Gasteiger partial charge in [-0.2, -0.15) is 0 Å². The molecule has 1 heterocycles. The Hall–Kier alpha value is -7.68. The lowest BCUT2D eigenvalue weighted by Gasteiger charge is -2.26. The minimum atomic E-state index is 0.868. The van der Waals surface area contributed by atoms with Gasteiger partial charge < -0.3 is 9.32 Å². The largest absolute Gasteiger partial charge is 0.455 e. The van der Waals surface area contributed by atoms with E-state index in [1.165, 1.54) is 71.1 Å². The van der Waals surface area contributed by atoms with Gasteiger partial charge in [0.1, 0.15) is 11.2 Å². The van der Waals surface area contributed by atoms with E-state index in [1.807, 2.05) is 0 Å². The van der Waals surface area contributed by atoms with Gasteiger partial charge in [0.05, 0.1) is 11.1 Å². The van der Waals surface area contributed by atoms with Crippen molar-refractivity contribution in [1.29, 1.82) is 0 Å². The van der Waals surface area contributed by atoms with Crippen molar-refractivity contribution in [1.82, 2.24) is 0 Å². The molecule has 270 valence electrons. The van der Waals surface area contributed by atoms with E-state index in [9.17, 15) is 0 Å². The van der Waals surface area contributed by atoms with Crippen LogP contribution in [0.5, 0.6) is 0 Å².